The number of para-hydroxylation sites is 1. The van der Waals surface area contributed by atoms with Crippen molar-refractivity contribution in [2.24, 2.45) is 0 Å². The molecule has 2 aromatic carbocycles. The van der Waals surface area contributed by atoms with Gasteiger partial charge in [0.05, 0.1) is 11.1 Å². The number of nitrogens with one attached hydrogen (secondary N) is 1. The maximum absolute atomic E-state index is 12.9. The SMILES string of the molecule is O=C(NC1CC1)c1nn(-c2cccc(Oc3ccccc3)c2)c2ncccc2c1=O. The Balaban J connectivity index is 1.61. The highest BCUT2D eigenvalue weighted by Gasteiger charge is 2.27. The summed E-state index contributed by atoms with van der Waals surface area (Å²) in [6.07, 6.45) is 3.44. The van der Waals surface area contributed by atoms with E-state index in [1.807, 2.05) is 48.5 Å². The van der Waals surface area contributed by atoms with E-state index >= 15 is 0 Å². The van der Waals surface area contributed by atoms with Crippen molar-refractivity contribution in [1.29, 1.82) is 0 Å². The first-order valence-electron chi connectivity index (χ1n) is 9.71. The molecule has 1 fully saturated rings. The summed E-state index contributed by atoms with van der Waals surface area (Å²) in [5.41, 5.74) is 0.441. The Kier molecular flexibility index (Phi) is 4.48. The number of fused-ring (bicyclic) bond motifs is 1. The lowest BCUT2D eigenvalue weighted by Gasteiger charge is -2.13. The summed E-state index contributed by atoms with van der Waals surface area (Å²) in [4.78, 5) is 29.8. The molecule has 1 amide bonds. The van der Waals surface area contributed by atoms with Crippen molar-refractivity contribution in [1.82, 2.24) is 20.1 Å². The van der Waals surface area contributed by atoms with Gasteiger partial charge in [-0.3, -0.25) is 9.59 Å². The Labute approximate surface area is 172 Å². The molecule has 4 aromatic rings. The average molecular weight is 398 g/mol. The van der Waals surface area contributed by atoms with Crippen LogP contribution in [-0.4, -0.2) is 26.7 Å². The number of carbonyl (C=O) groups excluding carboxylic acids is 1. The fourth-order valence-corrected chi connectivity index (χ4v) is 3.18. The van der Waals surface area contributed by atoms with Crippen LogP contribution in [0.4, 0.5) is 0 Å². The van der Waals surface area contributed by atoms with Crippen LogP contribution in [0.3, 0.4) is 0 Å². The van der Waals surface area contributed by atoms with Crippen molar-refractivity contribution in [2.75, 3.05) is 0 Å². The summed E-state index contributed by atoms with van der Waals surface area (Å²) in [7, 11) is 0. The third-order valence-corrected chi connectivity index (χ3v) is 4.82. The molecular formula is C23H18N4O3. The zero-order valence-electron chi connectivity index (χ0n) is 16.0. The van der Waals surface area contributed by atoms with Gasteiger partial charge in [-0.15, -0.1) is 0 Å². The Hall–Kier alpha value is -4.00. The van der Waals surface area contributed by atoms with E-state index in [2.05, 4.69) is 15.4 Å². The lowest BCUT2D eigenvalue weighted by atomic mass is 10.2. The first kappa shape index (κ1) is 18.1. The van der Waals surface area contributed by atoms with Gasteiger partial charge in [-0.25, -0.2) is 9.67 Å². The van der Waals surface area contributed by atoms with Crippen LogP contribution < -0.4 is 15.5 Å². The second-order valence-corrected chi connectivity index (χ2v) is 7.12. The van der Waals surface area contributed by atoms with Crippen LogP contribution in [0, 0.1) is 0 Å². The third-order valence-electron chi connectivity index (χ3n) is 4.82. The minimum Gasteiger partial charge on any atom is -0.457 e. The quantitative estimate of drug-likeness (QED) is 0.556. The second-order valence-electron chi connectivity index (χ2n) is 7.12. The van der Waals surface area contributed by atoms with E-state index in [-0.39, 0.29) is 11.7 Å². The molecule has 2 aromatic heterocycles. The molecule has 7 nitrogen and oxygen atoms in total. The fraction of sp³-hybridized carbons (Fsp3) is 0.130. The minimum atomic E-state index is -0.460. The molecule has 30 heavy (non-hydrogen) atoms. The Morgan fingerprint density at radius 3 is 2.60 bits per heavy atom. The molecule has 0 atom stereocenters. The van der Waals surface area contributed by atoms with E-state index in [0.717, 1.165) is 12.8 Å². The average Bonchev–Trinajstić information content (AvgIpc) is 3.59. The van der Waals surface area contributed by atoms with Crippen LogP contribution in [0.5, 0.6) is 11.5 Å². The van der Waals surface area contributed by atoms with Gasteiger partial charge in [-0.1, -0.05) is 24.3 Å². The molecule has 0 bridgehead atoms. The molecule has 1 aliphatic carbocycles. The normalized spacial score (nSPS) is 13.2. The Morgan fingerprint density at radius 1 is 1.00 bits per heavy atom. The lowest BCUT2D eigenvalue weighted by molar-refractivity contribution is 0.0943. The van der Waals surface area contributed by atoms with Gasteiger partial charge in [-0.2, -0.15) is 5.10 Å². The zero-order chi connectivity index (χ0) is 20.5. The van der Waals surface area contributed by atoms with Gasteiger partial charge in [0.2, 0.25) is 5.43 Å². The number of hydrogen-bond acceptors (Lipinski definition) is 5. The molecule has 1 N–H and O–H groups in total. The molecule has 0 radical (unpaired) electrons. The van der Waals surface area contributed by atoms with E-state index in [0.29, 0.717) is 28.2 Å². The third kappa shape index (κ3) is 3.53. The number of benzene rings is 2. The summed E-state index contributed by atoms with van der Waals surface area (Å²) < 4.78 is 7.42. The van der Waals surface area contributed by atoms with E-state index in [9.17, 15) is 9.59 Å². The molecule has 5 rings (SSSR count). The molecular weight excluding hydrogens is 380 g/mol. The number of nitrogens with zero attached hydrogens (tertiary/aromatic N) is 3. The van der Waals surface area contributed by atoms with Crippen LogP contribution >= 0.6 is 0 Å². The topological polar surface area (TPSA) is 86.1 Å². The zero-order valence-corrected chi connectivity index (χ0v) is 16.0. The first-order chi connectivity index (χ1) is 14.7. The maximum Gasteiger partial charge on any atom is 0.276 e. The largest absolute Gasteiger partial charge is 0.457 e. The van der Waals surface area contributed by atoms with Crippen LogP contribution in [0.25, 0.3) is 16.7 Å². The number of ether oxygens (including phenoxy) is 1. The van der Waals surface area contributed by atoms with Gasteiger partial charge in [0, 0.05) is 18.3 Å². The van der Waals surface area contributed by atoms with Crippen LogP contribution in [-0.2, 0) is 0 Å². The van der Waals surface area contributed by atoms with Gasteiger partial charge in [0.15, 0.2) is 11.3 Å². The fourth-order valence-electron chi connectivity index (χ4n) is 3.18. The summed E-state index contributed by atoms with van der Waals surface area (Å²) in [6.45, 7) is 0. The van der Waals surface area contributed by atoms with Crippen LogP contribution in [0.1, 0.15) is 23.3 Å². The highest BCUT2D eigenvalue weighted by atomic mass is 16.5. The predicted molar refractivity (Wildman–Crippen MR) is 112 cm³/mol. The molecule has 2 heterocycles. The second kappa shape index (κ2) is 7.44. The Morgan fingerprint density at radius 2 is 1.80 bits per heavy atom. The van der Waals surface area contributed by atoms with Crippen LogP contribution in [0.15, 0.2) is 77.7 Å². The number of aromatic nitrogens is 3. The van der Waals surface area contributed by atoms with Gasteiger partial charge >= 0.3 is 0 Å². The maximum atomic E-state index is 12.9. The lowest BCUT2D eigenvalue weighted by Crippen LogP contribution is -2.33. The van der Waals surface area contributed by atoms with Gasteiger partial charge < -0.3 is 10.1 Å². The van der Waals surface area contributed by atoms with Gasteiger partial charge in [-0.05, 0) is 49.2 Å². The predicted octanol–water partition coefficient (Wildman–Crippen LogP) is 3.47. The monoisotopic (exact) mass is 398 g/mol. The molecule has 0 saturated heterocycles. The number of carbonyl (C=O) groups is 1. The smallest absolute Gasteiger partial charge is 0.276 e. The molecule has 1 aliphatic rings. The van der Waals surface area contributed by atoms with Crippen molar-refractivity contribution in [2.45, 2.75) is 18.9 Å². The highest BCUT2D eigenvalue weighted by Crippen LogP contribution is 2.24. The standard InChI is InChI=1S/C23H18N4O3/c28-21-19-10-5-13-24-22(19)27(26-20(21)23(29)25-15-11-12-15)16-6-4-9-18(14-16)30-17-7-2-1-3-8-17/h1-10,13-15H,11-12H2,(H,25,29). The Bertz CT molecular complexity index is 1300. The van der Waals surface area contributed by atoms with E-state index < -0.39 is 11.3 Å². The van der Waals surface area contributed by atoms with Gasteiger partial charge in [0.25, 0.3) is 5.91 Å². The van der Waals surface area contributed by atoms with Crippen molar-refractivity contribution >= 4 is 16.9 Å². The van der Waals surface area contributed by atoms with E-state index in [1.54, 1.807) is 24.4 Å². The first-order valence-corrected chi connectivity index (χ1v) is 9.71. The summed E-state index contributed by atoms with van der Waals surface area (Å²) in [6, 6.07) is 20.2. The van der Waals surface area contributed by atoms with Crippen molar-refractivity contribution in [3.63, 3.8) is 0 Å². The number of pyridine rings is 1. The number of amides is 1. The molecule has 1 saturated carbocycles. The van der Waals surface area contributed by atoms with Crippen molar-refractivity contribution in [3.05, 3.63) is 88.8 Å². The summed E-state index contributed by atoms with van der Waals surface area (Å²) in [5, 5.41) is 7.55. The van der Waals surface area contributed by atoms with Gasteiger partial charge in [0.1, 0.15) is 11.5 Å². The molecule has 0 aliphatic heterocycles. The number of hydrogen-bond donors (Lipinski definition) is 1. The summed E-state index contributed by atoms with van der Waals surface area (Å²) in [5.74, 6) is 0.848. The van der Waals surface area contributed by atoms with Crippen molar-refractivity contribution in [3.8, 4) is 17.2 Å². The van der Waals surface area contributed by atoms with E-state index in [1.165, 1.54) is 4.68 Å². The van der Waals surface area contributed by atoms with E-state index in [4.69, 9.17) is 4.74 Å². The number of rotatable bonds is 5. The van der Waals surface area contributed by atoms with Crippen molar-refractivity contribution < 1.29 is 9.53 Å². The summed E-state index contributed by atoms with van der Waals surface area (Å²) >= 11 is 0. The minimum absolute atomic E-state index is 0.124. The molecule has 0 spiro atoms. The van der Waals surface area contributed by atoms with Crippen LogP contribution in [0.2, 0.25) is 0 Å². The highest BCUT2D eigenvalue weighted by molar-refractivity contribution is 5.95. The molecule has 7 heteroatoms. The molecule has 0 unspecified atom stereocenters. The molecule has 148 valence electrons.